The van der Waals surface area contributed by atoms with Crippen LogP contribution in [0.2, 0.25) is 5.02 Å². The molecule has 120 valence electrons. The van der Waals surface area contributed by atoms with Gasteiger partial charge in [0.05, 0.1) is 20.4 Å². The van der Waals surface area contributed by atoms with Gasteiger partial charge in [-0.05, 0) is 46.3 Å². The number of carbonyl (C=O) groups is 1. The highest BCUT2D eigenvalue weighted by atomic mass is 79.9. The predicted molar refractivity (Wildman–Crippen MR) is 93.8 cm³/mol. The zero-order valence-corrected chi connectivity index (χ0v) is 14.8. The number of nitrogens with zero attached hydrogens (tertiary/aromatic N) is 1. The first-order chi connectivity index (χ1) is 11.0. The fourth-order valence-electron chi connectivity index (χ4n) is 1.82. The number of ether oxygens (including phenoxy) is 2. The molecule has 1 amide bonds. The van der Waals surface area contributed by atoms with Crippen LogP contribution in [0.25, 0.3) is 0 Å². The third-order valence-electron chi connectivity index (χ3n) is 2.96. The summed E-state index contributed by atoms with van der Waals surface area (Å²) >= 11 is 9.27. The van der Waals surface area contributed by atoms with Gasteiger partial charge in [0.2, 0.25) is 0 Å². The highest BCUT2D eigenvalue weighted by molar-refractivity contribution is 9.10. The van der Waals surface area contributed by atoms with Crippen molar-refractivity contribution in [2.24, 2.45) is 5.10 Å². The van der Waals surface area contributed by atoms with Gasteiger partial charge in [-0.15, -0.1) is 0 Å². The van der Waals surface area contributed by atoms with Crippen LogP contribution in [0.3, 0.4) is 0 Å². The number of nitrogens with one attached hydrogen (secondary N) is 1. The zero-order chi connectivity index (χ0) is 16.8. The average molecular weight is 398 g/mol. The Balaban J connectivity index is 2.13. The molecule has 0 radical (unpaired) electrons. The molecular formula is C16H14BrClN2O3. The van der Waals surface area contributed by atoms with Gasteiger partial charge in [-0.2, -0.15) is 5.10 Å². The minimum Gasteiger partial charge on any atom is -0.493 e. The van der Waals surface area contributed by atoms with Gasteiger partial charge >= 0.3 is 0 Å². The van der Waals surface area contributed by atoms with Crippen molar-refractivity contribution >= 4 is 39.7 Å². The maximum absolute atomic E-state index is 12.0. The van der Waals surface area contributed by atoms with Gasteiger partial charge in [0.25, 0.3) is 5.91 Å². The lowest BCUT2D eigenvalue weighted by molar-refractivity contribution is 0.0955. The molecule has 0 aliphatic rings. The molecule has 0 atom stereocenters. The van der Waals surface area contributed by atoms with Gasteiger partial charge in [-0.3, -0.25) is 4.79 Å². The maximum Gasteiger partial charge on any atom is 0.271 e. The number of hydrogen-bond acceptors (Lipinski definition) is 4. The van der Waals surface area contributed by atoms with Crippen molar-refractivity contribution in [3.63, 3.8) is 0 Å². The first-order valence-corrected chi connectivity index (χ1v) is 7.72. The molecule has 2 aromatic carbocycles. The highest BCUT2D eigenvalue weighted by Gasteiger charge is 2.08. The van der Waals surface area contributed by atoms with E-state index in [1.54, 1.807) is 50.6 Å². The number of hydrazone groups is 1. The molecule has 2 rings (SSSR count). The van der Waals surface area contributed by atoms with Crippen LogP contribution in [-0.2, 0) is 0 Å². The fraction of sp³-hybridized carbons (Fsp3) is 0.125. The SMILES string of the molecule is COc1cc(Br)c(/C=N\NC(=O)c2cccc(Cl)c2)cc1OC. The van der Waals surface area contributed by atoms with E-state index in [0.29, 0.717) is 22.1 Å². The van der Waals surface area contributed by atoms with Crippen molar-refractivity contribution < 1.29 is 14.3 Å². The van der Waals surface area contributed by atoms with Gasteiger partial charge in [0.1, 0.15) is 0 Å². The molecule has 0 heterocycles. The van der Waals surface area contributed by atoms with Crippen molar-refractivity contribution in [1.29, 1.82) is 0 Å². The van der Waals surface area contributed by atoms with E-state index in [1.165, 1.54) is 6.21 Å². The Kier molecular flexibility index (Phi) is 6.01. The number of benzene rings is 2. The van der Waals surface area contributed by atoms with Gasteiger partial charge in [-0.1, -0.05) is 17.7 Å². The number of methoxy groups -OCH3 is 2. The number of hydrogen-bond donors (Lipinski definition) is 1. The molecular weight excluding hydrogens is 384 g/mol. The Bertz CT molecular complexity index is 750. The Labute approximate surface area is 147 Å². The summed E-state index contributed by atoms with van der Waals surface area (Å²) in [4.78, 5) is 12.0. The molecule has 1 N–H and O–H groups in total. The summed E-state index contributed by atoms with van der Waals surface area (Å²) in [6, 6.07) is 10.1. The lowest BCUT2D eigenvalue weighted by Crippen LogP contribution is -2.17. The molecule has 0 aliphatic carbocycles. The summed E-state index contributed by atoms with van der Waals surface area (Å²) in [5, 5.41) is 4.44. The standard InChI is InChI=1S/C16H14BrClN2O3/c1-22-14-7-11(13(17)8-15(14)23-2)9-19-20-16(21)10-4-3-5-12(18)6-10/h3-9H,1-2H3,(H,20,21)/b19-9-. The largest absolute Gasteiger partial charge is 0.493 e. The van der Waals surface area contributed by atoms with E-state index in [9.17, 15) is 4.79 Å². The zero-order valence-electron chi connectivity index (χ0n) is 12.5. The van der Waals surface area contributed by atoms with E-state index in [4.69, 9.17) is 21.1 Å². The Hall–Kier alpha value is -2.05. The van der Waals surface area contributed by atoms with Gasteiger partial charge in [0.15, 0.2) is 11.5 Å². The van der Waals surface area contributed by atoms with E-state index >= 15 is 0 Å². The van der Waals surface area contributed by atoms with Crippen LogP contribution in [0.15, 0.2) is 46.0 Å². The Morgan fingerprint density at radius 1 is 1.22 bits per heavy atom. The van der Waals surface area contributed by atoms with Crippen LogP contribution >= 0.6 is 27.5 Å². The summed E-state index contributed by atoms with van der Waals surface area (Å²) in [6.07, 6.45) is 1.51. The number of carbonyl (C=O) groups excluding carboxylic acids is 1. The van der Waals surface area contributed by atoms with Crippen LogP contribution in [0.4, 0.5) is 0 Å². The first kappa shape index (κ1) is 17.3. The molecule has 0 saturated heterocycles. The monoisotopic (exact) mass is 396 g/mol. The summed E-state index contributed by atoms with van der Waals surface area (Å²) < 4.78 is 11.2. The van der Waals surface area contributed by atoms with E-state index in [2.05, 4.69) is 26.5 Å². The van der Waals surface area contributed by atoms with E-state index in [1.807, 2.05) is 0 Å². The van der Waals surface area contributed by atoms with Crippen LogP contribution in [0.1, 0.15) is 15.9 Å². The number of halogens is 2. The third kappa shape index (κ3) is 4.46. The summed E-state index contributed by atoms with van der Waals surface area (Å²) in [5.41, 5.74) is 3.61. The third-order valence-corrected chi connectivity index (χ3v) is 3.88. The van der Waals surface area contributed by atoms with Crippen molar-refractivity contribution in [1.82, 2.24) is 5.43 Å². The van der Waals surface area contributed by atoms with Crippen molar-refractivity contribution in [3.8, 4) is 11.5 Å². The van der Waals surface area contributed by atoms with E-state index in [0.717, 1.165) is 10.0 Å². The number of rotatable bonds is 5. The Morgan fingerprint density at radius 3 is 2.57 bits per heavy atom. The highest BCUT2D eigenvalue weighted by Crippen LogP contribution is 2.32. The molecule has 0 unspecified atom stereocenters. The van der Waals surface area contributed by atoms with Crippen LogP contribution < -0.4 is 14.9 Å². The molecule has 0 fully saturated rings. The number of amides is 1. The molecule has 2 aromatic rings. The van der Waals surface area contributed by atoms with Crippen LogP contribution in [-0.4, -0.2) is 26.3 Å². The first-order valence-electron chi connectivity index (χ1n) is 6.55. The minimum absolute atomic E-state index is 0.347. The molecule has 0 bridgehead atoms. The molecule has 23 heavy (non-hydrogen) atoms. The Morgan fingerprint density at radius 2 is 1.91 bits per heavy atom. The molecule has 0 saturated carbocycles. The summed E-state index contributed by atoms with van der Waals surface area (Å²) in [6.45, 7) is 0. The topological polar surface area (TPSA) is 59.9 Å². The van der Waals surface area contributed by atoms with Gasteiger partial charge in [0, 0.05) is 20.6 Å². The smallest absolute Gasteiger partial charge is 0.271 e. The van der Waals surface area contributed by atoms with E-state index < -0.39 is 0 Å². The quantitative estimate of drug-likeness (QED) is 0.615. The summed E-state index contributed by atoms with van der Waals surface area (Å²) in [5.74, 6) is 0.818. The van der Waals surface area contributed by atoms with Crippen LogP contribution in [0.5, 0.6) is 11.5 Å². The van der Waals surface area contributed by atoms with Crippen LogP contribution in [0, 0.1) is 0 Å². The second-order valence-electron chi connectivity index (χ2n) is 4.44. The molecule has 5 nitrogen and oxygen atoms in total. The minimum atomic E-state index is -0.347. The normalized spacial score (nSPS) is 10.6. The maximum atomic E-state index is 12.0. The molecule has 0 spiro atoms. The van der Waals surface area contributed by atoms with Gasteiger partial charge in [-0.25, -0.2) is 5.43 Å². The van der Waals surface area contributed by atoms with Crippen molar-refractivity contribution in [2.75, 3.05) is 14.2 Å². The fourth-order valence-corrected chi connectivity index (χ4v) is 2.44. The lowest BCUT2D eigenvalue weighted by Gasteiger charge is -2.09. The predicted octanol–water partition coefficient (Wildman–Crippen LogP) is 3.88. The lowest BCUT2D eigenvalue weighted by atomic mass is 10.2. The average Bonchev–Trinajstić information content (AvgIpc) is 2.55. The second kappa shape index (κ2) is 7.99. The molecule has 0 aliphatic heterocycles. The van der Waals surface area contributed by atoms with Gasteiger partial charge < -0.3 is 9.47 Å². The van der Waals surface area contributed by atoms with Crippen molar-refractivity contribution in [2.45, 2.75) is 0 Å². The van der Waals surface area contributed by atoms with E-state index in [-0.39, 0.29) is 5.91 Å². The molecule has 7 heteroatoms. The van der Waals surface area contributed by atoms with Crippen molar-refractivity contribution in [3.05, 3.63) is 57.0 Å². The summed E-state index contributed by atoms with van der Waals surface area (Å²) in [7, 11) is 3.11. The molecule has 0 aromatic heterocycles. The second-order valence-corrected chi connectivity index (χ2v) is 5.73.